The van der Waals surface area contributed by atoms with E-state index >= 15 is 4.39 Å². The van der Waals surface area contributed by atoms with Crippen molar-refractivity contribution in [2.24, 2.45) is 11.5 Å². The third-order valence-corrected chi connectivity index (χ3v) is 5.32. The molecule has 3 aromatic rings. The van der Waals surface area contributed by atoms with Gasteiger partial charge in [-0.3, -0.25) is 10.8 Å². The van der Waals surface area contributed by atoms with Crippen molar-refractivity contribution in [3.8, 4) is 0 Å². The molecule has 0 aliphatic carbocycles. The summed E-state index contributed by atoms with van der Waals surface area (Å²) < 4.78 is 44.2. The van der Waals surface area contributed by atoms with Crippen LogP contribution in [-0.4, -0.2) is 25.8 Å². The first-order valence-corrected chi connectivity index (χ1v) is 10.0. The lowest BCUT2D eigenvalue weighted by molar-refractivity contribution is 0.595. The van der Waals surface area contributed by atoms with Crippen LogP contribution in [0.15, 0.2) is 54.6 Å². The number of benzene rings is 3. The molecule has 9 heteroatoms. The van der Waals surface area contributed by atoms with Gasteiger partial charge >= 0.3 is 0 Å². The van der Waals surface area contributed by atoms with Crippen molar-refractivity contribution in [3.63, 3.8) is 0 Å². The van der Waals surface area contributed by atoms with Gasteiger partial charge in [0.15, 0.2) is 5.82 Å². The minimum atomic E-state index is -0.535. The standard InChI is InChI=1S/C24H25F3N6/c1-32(12-16-8-6-14(23(28)29)10-18(16)25)20-4-3-5-21(22(20)27)33(2)13-17-9-7-15(24(30)31)11-19(17)26/h3-11H,12-13H2,1-2H3,(H3,28,29)(H3,30,31). The molecule has 0 fully saturated rings. The highest BCUT2D eigenvalue weighted by molar-refractivity contribution is 5.95. The maximum absolute atomic E-state index is 15.4. The molecule has 0 atom stereocenters. The van der Waals surface area contributed by atoms with Crippen molar-refractivity contribution >= 4 is 23.0 Å². The van der Waals surface area contributed by atoms with E-state index < -0.39 is 17.5 Å². The molecule has 0 saturated heterocycles. The number of nitrogens with one attached hydrogen (secondary N) is 2. The van der Waals surface area contributed by atoms with Crippen LogP contribution >= 0.6 is 0 Å². The van der Waals surface area contributed by atoms with E-state index in [2.05, 4.69) is 0 Å². The SMILES string of the molecule is CN(Cc1ccc(C(=N)N)cc1F)c1cccc(N(C)Cc2ccc(C(=N)N)cc2F)c1F. The first kappa shape index (κ1) is 23.6. The van der Waals surface area contributed by atoms with E-state index in [4.69, 9.17) is 22.3 Å². The Balaban J connectivity index is 1.81. The number of amidine groups is 2. The van der Waals surface area contributed by atoms with E-state index in [0.717, 1.165) is 0 Å². The second-order valence-electron chi connectivity index (χ2n) is 7.76. The Morgan fingerprint density at radius 3 is 1.45 bits per heavy atom. The van der Waals surface area contributed by atoms with Crippen LogP contribution in [0.2, 0.25) is 0 Å². The lowest BCUT2D eigenvalue weighted by Crippen LogP contribution is -2.22. The summed E-state index contributed by atoms with van der Waals surface area (Å²) in [5, 5.41) is 14.8. The zero-order chi connectivity index (χ0) is 24.3. The maximum atomic E-state index is 15.4. The fourth-order valence-electron chi connectivity index (χ4n) is 3.47. The highest BCUT2D eigenvalue weighted by atomic mass is 19.1. The van der Waals surface area contributed by atoms with Crippen LogP contribution in [0.5, 0.6) is 0 Å². The predicted molar refractivity (Wildman–Crippen MR) is 125 cm³/mol. The number of nitrogens with two attached hydrogens (primary N) is 2. The summed E-state index contributed by atoms with van der Waals surface area (Å²) in [5.74, 6) is -2.06. The lowest BCUT2D eigenvalue weighted by Gasteiger charge is -2.25. The number of nitrogen functional groups attached to an aromatic ring is 2. The number of rotatable bonds is 8. The average Bonchev–Trinajstić information content (AvgIpc) is 2.76. The van der Waals surface area contributed by atoms with Crippen molar-refractivity contribution in [1.29, 1.82) is 10.8 Å². The molecular weight excluding hydrogens is 429 g/mol. The summed E-state index contributed by atoms with van der Waals surface area (Å²) in [7, 11) is 3.28. The van der Waals surface area contributed by atoms with E-state index in [9.17, 15) is 8.78 Å². The summed E-state index contributed by atoms with van der Waals surface area (Å²) in [5.41, 5.74) is 12.5. The summed E-state index contributed by atoms with van der Waals surface area (Å²) in [4.78, 5) is 3.14. The molecule has 6 N–H and O–H groups in total. The monoisotopic (exact) mass is 454 g/mol. The molecule has 0 aliphatic rings. The molecule has 0 amide bonds. The molecule has 0 spiro atoms. The molecule has 0 aromatic heterocycles. The predicted octanol–water partition coefficient (Wildman–Crippen LogP) is 3.94. The lowest BCUT2D eigenvalue weighted by atomic mass is 10.1. The highest BCUT2D eigenvalue weighted by Gasteiger charge is 2.17. The summed E-state index contributed by atoms with van der Waals surface area (Å²) in [6.45, 7) is 0.185. The average molecular weight is 455 g/mol. The van der Waals surface area contributed by atoms with Crippen LogP contribution in [0.25, 0.3) is 0 Å². The Hall–Kier alpha value is -4.01. The second-order valence-corrected chi connectivity index (χ2v) is 7.76. The summed E-state index contributed by atoms with van der Waals surface area (Å²) in [6, 6.07) is 13.3. The van der Waals surface area contributed by atoms with Gasteiger partial charge < -0.3 is 21.3 Å². The van der Waals surface area contributed by atoms with Crippen LogP contribution in [0, 0.1) is 28.3 Å². The number of anilines is 2. The van der Waals surface area contributed by atoms with Crippen LogP contribution in [0.4, 0.5) is 24.5 Å². The summed E-state index contributed by atoms with van der Waals surface area (Å²) in [6.07, 6.45) is 0. The molecule has 0 heterocycles. The van der Waals surface area contributed by atoms with Crippen molar-refractivity contribution in [3.05, 3.63) is 94.3 Å². The van der Waals surface area contributed by atoms with Gasteiger partial charge in [-0.1, -0.05) is 30.3 Å². The molecule has 3 aromatic carbocycles. The molecule has 3 rings (SSSR count). The number of hydrogen-bond donors (Lipinski definition) is 4. The van der Waals surface area contributed by atoms with Gasteiger partial charge in [-0.25, -0.2) is 13.2 Å². The van der Waals surface area contributed by atoms with Crippen LogP contribution in [0.3, 0.4) is 0 Å². The van der Waals surface area contributed by atoms with E-state index in [-0.39, 0.29) is 47.3 Å². The molecule has 0 bridgehead atoms. The van der Waals surface area contributed by atoms with Crippen LogP contribution in [-0.2, 0) is 13.1 Å². The van der Waals surface area contributed by atoms with Gasteiger partial charge in [-0.2, -0.15) is 0 Å². The Kier molecular flexibility index (Phi) is 6.91. The number of hydrogen-bond acceptors (Lipinski definition) is 4. The maximum Gasteiger partial charge on any atom is 0.169 e. The van der Waals surface area contributed by atoms with Crippen LogP contribution in [0.1, 0.15) is 22.3 Å². The second kappa shape index (κ2) is 9.64. The largest absolute Gasteiger partial charge is 0.384 e. The molecule has 172 valence electrons. The molecule has 0 saturated carbocycles. The van der Waals surface area contributed by atoms with Gasteiger partial charge in [-0.05, 0) is 24.3 Å². The third-order valence-electron chi connectivity index (χ3n) is 5.32. The summed E-state index contributed by atoms with van der Waals surface area (Å²) >= 11 is 0. The van der Waals surface area contributed by atoms with E-state index in [1.165, 1.54) is 24.3 Å². The zero-order valence-electron chi connectivity index (χ0n) is 18.3. The van der Waals surface area contributed by atoms with Gasteiger partial charge in [0.2, 0.25) is 0 Å². The van der Waals surface area contributed by atoms with E-state index in [1.54, 1.807) is 54.2 Å². The molecule has 0 unspecified atom stereocenters. The van der Waals surface area contributed by atoms with Crippen molar-refractivity contribution in [1.82, 2.24) is 0 Å². The van der Waals surface area contributed by atoms with Crippen molar-refractivity contribution in [2.45, 2.75) is 13.1 Å². The molecule has 6 nitrogen and oxygen atoms in total. The topological polar surface area (TPSA) is 106 Å². The highest BCUT2D eigenvalue weighted by Crippen LogP contribution is 2.30. The number of halogens is 3. The van der Waals surface area contributed by atoms with Crippen LogP contribution < -0.4 is 21.3 Å². The molecular formula is C24H25F3N6. The Bertz CT molecular complexity index is 1120. The zero-order valence-corrected chi connectivity index (χ0v) is 18.3. The van der Waals surface area contributed by atoms with Gasteiger partial charge in [0, 0.05) is 49.4 Å². The Labute approximate surface area is 190 Å². The van der Waals surface area contributed by atoms with Gasteiger partial charge in [0.25, 0.3) is 0 Å². The fraction of sp³-hybridized carbons (Fsp3) is 0.167. The Morgan fingerprint density at radius 2 is 1.12 bits per heavy atom. The van der Waals surface area contributed by atoms with Gasteiger partial charge in [-0.15, -0.1) is 0 Å². The minimum absolute atomic E-state index is 0.0925. The molecule has 0 aliphatic heterocycles. The first-order chi connectivity index (χ1) is 15.6. The first-order valence-electron chi connectivity index (χ1n) is 10.0. The normalized spacial score (nSPS) is 10.7. The third kappa shape index (κ3) is 5.25. The smallest absolute Gasteiger partial charge is 0.169 e. The van der Waals surface area contributed by atoms with Gasteiger partial charge in [0.1, 0.15) is 23.3 Å². The van der Waals surface area contributed by atoms with Crippen molar-refractivity contribution < 1.29 is 13.2 Å². The van der Waals surface area contributed by atoms with E-state index in [1.807, 2.05) is 0 Å². The molecule has 0 radical (unpaired) electrons. The number of nitrogens with zero attached hydrogens (tertiary/aromatic N) is 2. The van der Waals surface area contributed by atoms with E-state index in [0.29, 0.717) is 11.1 Å². The van der Waals surface area contributed by atoms with Gasteiger partial charge in [0.05, 0.1) is 11.4 Å². The quantitative estimate of drug-likeness (QED) is 0.306. The fourth-order valence-corrected chi connectivity index (χ4v) is 3.47. The minimum Gasteiger partial charge on any atom is -0.384 e. The molecule has 33 heavy (non-hydrogen) atoms. The van der Waals surface area contributed by atoms with Crippen molar-refractivity contribution in [2.75, 3.05) is 23.9 Å². The Morgan fingerprint density at radius 1 is 0.727 bits per heavy atom.